The van der Waals surface area contributed by atoms with E-state index in [0.717, 1.165) is 35.0 Å². The smallest absolute Gasteiger partial charge is 0.224 e. The second-order valence-electron chi connectivity index (χ2n) is 6.71. The van der Waals surface area contributed by atoms with Gasteiger partial charge in [0.1, 0.15) is 5.01 Å². The minimum atomic E-state index is 0.103. The molecule has 0 radical (unpaired) electrons. The number of anilines is 1. The fraction of sp³-hybridized carbons (Fsp3) is 0.474. The minimum absolute atomic E-state index is 0.103. The average molecular weight is 343 g/mol. The lowest BCUT2D eigenvalue weighted by atomic mass is 9.85. The Morgan fingerprint density at radius 1 is 1.42 bits per heavy atom. The van der Waals surface area contributed by atoms with E-state index in [2.05, 4.69) is 22.5 Å². The maximum absolute atomic E-state index is 12.3. The summed E-state index contributed by atoms with van der Waals surface area (Å²) in [5.74, 6) is 1.13. The van der Waals surface area contributed by atoms with Crippen LogP contribution in [0.4, 0.5) is 5.69 Å². The summed E-state index contributed by atoms with van der Waals surface area (Å²) in [6.45, 7) is 6.33. The molecule has 1 aromatic heterocycles. The minimum Gasteiger partial charge on any atom is -0.326 e. The van der Waals surface area contributed by atoms with Gasteiger partial charge in [0, 0.05) is 28.7 Å². The van der Waals surface area contributed by atoms with Crippen LogP contribution in [-0.2, 0) is 4.79 Å². The van der Waals surface area contributed by atoms with E-state index in [1.807, 2.05) is 36.6 Å². The number of benzene rings is 1. The summed E-state index contributed by atoms with van der Waals surface area (Å²) < 4.78 is 0. The molecule has 5 heteroatoms. The van der Waals surface area contributed by atoms with Crippen LogP contribution in [0.15, 0.2) is 29.6 Å². The van der Waals surface area contributed by atoms with E-state index in [1.165, 1.54) is 12.8 Å². The number of thiazole rings is 1. The Labute approximate surface area is 147 Å². The van der Waals surface area contributed by atoms with E-state index >= 15 is 0 Å². The molecule has 1 saturated heterocycles. The van der Waals surface area contributed by atoms with Crippen molar-refractivity contribution in [2.24, 2.45) is 11.8 Å². The molecule has 1 aromatic carbocycles. The lowest BCUT2D eigenvalue weighted by molar-refractivity contribution is -0.117. The summed E-state index contributed by atoms with van der Waals surface area (Å²) in [6.07, 6.45) is 3.03. The van der Waals surface area contributed by atoms with Crippen LogP contribution in [0, 0.1) is 18.8 Å². The molecular formula is C19H25N3OS. The number of nitrogens with zero attached hydrogens (tertiary/aromatic N) is 1. The predicted molar refractivity (Wildman–Crippen MR) is 100 cm³/mol. The normalized spacial score (nSPS) is 19.0. The number of nitrogens with one attached hydrogen (secondary N) is 2. The summed E-state index contributed by atoms with van der Waals surface area (Å²) in [6, 6.07) is 7.94. The number of aromatic nitrogens is 1. The molecule has 1 amide bonds. The Morgan fingerprint density at radius 3 is 2.83 bits per heavy atom. The van der Waals surface area contributed by atoms with Crippen molar-refractivity contribution >= 4 is 22.9 Å². The summed E-state index contributed by atoms with van der Waals surface area (Å²) in [4.78, 5) is 16.8. The molecule has 24 heavy (non-hydrogen) atoms. The molecule has 0 bridgehead atoms. The van der Waals surface area contributed by atoms with E-state index in [-0.39, 0.29) is 5.91 Å². The molecule has 1 fully saturated rings. The first kappa shape index (κ1) is 17.1. The van der Waals surface area contributed by atoms with Crippen molar-refractivity contribution in [1.82, 2.24) is 10.3 Å². The molecule has 3 rings (SSSR count). The Kier molecular flexibility index (Phi) is 5.63. The second kappa shape index (κ2) is 7.90. The molecule has 0 spiro atoms. The standard InChI is InChI=1S/C19H25N3OS/c1-13(16-4-3-9-20-11-16)10-18(23)22-17-7-5-15(6-8-17)19-21-14(2)12-24-19/h5-8,12-13,16,20H,3-4,9-11H2,1-2H3,(H,22,23). The molecule has 1 aliphatic rings. The second-order valence-corrected chi connectivity index (χ2v) is 7.57. The number of hydrogen-bond donors (Lipinski definition) is 2. The Hall–Kier alpha value is -1.72. The largest absolute Gasteiger partial charge is 0.326 e. The van der Waals surface area contributed by atoms with Gasteiger partial charge in [-0.3, -0.25) is 4.79 Å². The van der Waals surface area contributed by atoms with E-state index in [4.69, 9.17) is 0 Å². The highest BCUT2D eigenvalue weighted by atomic mass is 32.1. The highest BCUT2D eigenvalue weighted by Crippen LogP contribution is 2.26. The van der Waals surface area contributed by atoms with Crippen molar-refractivity contribution in [3.63, 3.8) is 0 Å². The van der Waals surface area contributed by atoms with Crippen molar-refractivity contribution in [2.45, 2.75) is 33.1 Å². The number of carbonyl (C=O) groups is 1. The molecule has 0 aliphatic carbocycles. The van der Waals surface area contributed by atoms with Gasteiger partial charge in [-0.25, -0.2) is 4.98 Å². The summed E-state index contributed by atoms with van der Waals surface area (Å²) in [5, 5.41) is 9.51. The van der Waals surface area contributed by atoms with E-state index in [9.17, 15) is 4.79 Å². The van der Waals surface area contributed by atoms with Crippen LogP contribution in [0.2, 0.25) is 0 Å². The quantitative estimate of drug-likeness (QED) is 0.860. The molecule has 2 aromatic rings. The highest BCUT2D eigenvalue weighted by Gasteiger charge is 2.22. The van der Waals surface area contributed by atoms with Crippen LogP contribution in [0.5, 0.6) is 0 Å². The van der Waals surface area contributed by atoms with Crippen molar-refractivity contribution in [1.29, 1.82) is 0 Å². The van der Waals surface area contributed by atoms with Gasteiger partial charge in [-0.1, -0.05) is 6.92 Å². The summed E-state index contributed by atoms with van der Waals surface area (Å²) in [5.41, 5.74) is 2.98. The van der Waals surface area contributed by atoms with Gasteiger partial charge in [0.2, 0.25) is 5.91 Å². The van der Waals surface area contributed by atoms with Crippen LogP contribution < -0.4 is 10.6 Å². The van der Waals surface area contributed by atoms with Crippen LogP contribution in [-0.4, -0.2) is 24.0 Å². The van der Waals surface area contributed by atoms with Crippen molar-refractivity contribution in [3.05, 3.63) is 35.3 Å². The third-order valence-electron chi connectivity index (χ3n) is 4.68. The Bertz CT molecular complexity index is 674. The molecule has 0 saturated carbocycles. The molecule has 1 aliphatic heterocycles. The summed E-state index contributed by atoms with van der Waals surface area (Å²) in [7, 11) is 0. The van der Waals surface area contributed by atoms with Crippen LogP contribution >= 0.6 is 11.3 Å². The molecule has 4 nitrogen and oxygen atoms in total. The number of piperidine rings is 1. The molecule has 2 unspecified atom stereocenters. The maximum Gasteiger partial charge on any atom is 0.224 e. The van der Waals surface area contributed by atoms with Gasteiger partial charge < -0.3 is 10.6 Å². The fourth-order valence-electron chi connectivity index (χ4n) is 3.22. The summed E-state index contributed by atoms with van der Waals surface area (Å²) >= 11 is 1.64. The molecule has 2 N–H and O–H groups in total. The Morgan fingerprint density at radius 2 is 2.21 bits per heavy atom. The van der Waals surface area contributed by atoms with Gasteiger partial charge in [0.25, 0.3) is 0 Å². The predicted octanol–water partition coefficient (Wildman–Crippen LogP) is 4.08. The number of aryl methyl sites for hydroxylation is 1. The third kappa shape index (κ3) is 4.42. The lowest BCUT2D eigenvalue weighted by Gasteiger charge is -2.28. The van der Waals surface area contributed by atoms with Gasteiger partial charge in [-0.05, 0) is 69.0 Å². The number of rotatable bonds is 5. The lowest BCUT2D eigenvalue weighted by Crippen LogP contribution is -2.34. The molecule has 2 heterocycles. The third-order valence-corrected chi connectivity index (χ3v) is 5.69. The van der Waals surface area contributed by atoms with Crippen LogP contribution in [0.1, 0.15) is 31.9 Å². The zero-order valence-electron chi connectivity index (χ0n) is 14.3. The van der Waals surface area contributed by atoms with Crippen molar-refractivity contribution < 1.29 is 4.79 Å². The number of amides is 1. The van der Waals surface area contributed by atoms with Crippen LogP contribution in [0.25, 0.3) is 10.6 Å². The van der Waals surface area contributed by atoms with E-state index < -0.39 is 0 Å². The zero-order chi connectivity index (χ0) is 16.9. The molecule has 2 atom stereocenters. The highest BCUT2D eigenvalue weighted by molar-refractivity contribution is 7.13. The maximum atomic E-state index is 12.3. The van der Waals surface area contributed by atoms with E-state index in [0.29, 0.717) is 18.3 Å². The first-order valence-electron chi connectivity index (χ1n) is 8.65. The SMILES string of the molecule is Cc1csc(-c2ccc(NC(=O)CC(C)C3CCCNC3)cc2)n1. The Balaban J connectivity index is 1.54. The van der Waals surface area contributed by atoms with Gasteiger partial charge in [-0.2, -0.15) is 0 Å². The van der Waals surface area contributed by atoms with Crippen molar-refractivity contribution in [3.8, 4) is 10.6 Å². The van der Waals surface area contributed by atoms with Gasteiger partial charge in [0.15, 0.2) is 0 Å². The monoisotopic (exact) mass is 343 g/mol. The molecular weight excluding hydrogens is 318 g/mol. The number of hydrogen-bond acceptors (Lipinski definition) is 4. The van der Waals surface area contributed by atoms with Gasteiger partial charge in [0.05, 0.1) is 0 Å². The topological polar surface area (TPSA) is 54.0 Å². The van der Waals surface area contributed by atoms with Gasteiger partial charge >= 0.3 is 0 Å². The van der Waals surface area contributed by atoms with Crippen molar-refractivity contribution in [2.75, 3.05) is 18.4 Å². The average Bonchev–Trinajstić information content (AvgIpc) is 3.02. The zero-order valence-corrected chi connectivity index (χ0v) is 15.2. The first-order valence-corrected chi connectivity index (χ1v) is 9.53. The molecule has 128 valence electrons. The number of carbonyl (C=O) groups excluding carboxylic acids is 1. The first-order chi connectivity index (χ1) is 11.6. The van der Waals surface area contributed by atoms with Crippen LogP contribution in [0.3, 0.4) is 0 Å². The fourth-order valence-corrected chi connectivity index (χ4v) is 4.02. The van der Waals surface area contributed by atoms with Gasteiger partial charge in [-0.15, -0.1) is 11.3 Å². The van der Waals surface area contributed by atoms with E-state index in [1.54, 1.807) is 11.3 Å².